The number of halogens is 2. The minimum atomic E-state index is 0.627. The van der Waals surface area contributed by atoms with Gasteiger partial charge in [-0.05, 0) is 46.6 Å². The molecule has 0 aliphatic carbocycles. The van der Waals surface area contributed by atoms with Gasteiger partial charge in [-0.3, -0.25) is 0 Å². The second-order valence-electron chi connectivity index (χ2n) is 4.78. The molecule has 1 aromatic heterocycles. The first-order chi connectivity index (χ1) is 9.06. The maximum absolute atomic E-state index is 5.97. The van der Waals surface area contributed by atoms with Crippen LogP contribution in [-0.2, 0) is 6.54 Å². The van der Waals surface area contributed by atoms with Gasteiger partial charge in [0.1, 0.15) is 0 Å². The number of aromatic nitrogens is 3. The van der Waals surface area contributed by atoms with E-state index in [0.717, 1.165) is 28.9 Å². The van der Waals surface area contributed by atoms with Crippen molar-refractivity contribution >= 4 is 27.5 Å². The predicted molar refractivity (Wildman–Crippen MR) is 80.6 cm³/mol. The van der Waals surface area contributed by atoms with Gasteiger partial charge in [-0.25, -0.2) is 4.68 Å². The maximum Gasteiger partial charge on any atom is 0.0969 e. The molecule has 0 amide bonds. The molecule has 102 valence electrons. The summed E-state index contributed by atoms with van der Waals surface area (Å²) < 4.78 is 2.59. The van der Waals surface area contributed by atoms with Gasteiger partial charge >= 0.3 is 0 Å². The molecule has 0 fully saturated rings. The Morgan fingerprint density at radius 2 is 2.21 bits per heavy atom. The molecule has 1 heterocycles. The summed E-state index contributed by atoms with van der Waals surface area (Å²) in [6.07, 6.45) is 1.92. The molecule has 0 saturated heterocycles. The Kier molecular flexibility index (Phi) is 4.96. The number of nitrogens with zero attached hydrogens (tertiary/aromatic N) is 3. The average Bonchev–Trinajstić information content (AvgIpc) is 2.81. The van der Waals surface area contributed by atoms with Crippen molar-refractivity contribution < 1.29 is 0 Å². The van der Waals surface area contributed by atoms with Crippen molar-refractivity contribution in [1.29, 1.82) is 0 Å². The Balaban J connectivity index is 2.05. The van der Waals surface area contributed by atoms with Crippen LogP contribution in [0, 0.1) is 5.92 Å². The number of hydrogen-bond donors (Lipinski definition) is 1. The van der Waals surface area contributed by atoms with Gasteiger partial charge in [-0.1, -0.05) is 30.7 Å². The van der Waals surface area contributed by atoms with Crippen LogP contribution in [0.2, 0.25) is 5.02 Å². The summed E-state index contributed by atoms with van der Waals surface area (Å²) in [5.74, 6) is 0.627. The van der Waals surface area contributed by atoms with Crippen LogP contribution in [-0.4, -0.2) is 21.5 Å². The van der Waals surface area contributed by atoms with Crippen molar-refractivity contribution in [2.24, 2.45) is 5.92 Å². The predicted octanol–water partition coefficient (Wildman–Crippen LogP) is 3.43. The monoisotopic (exact) mass is 342 g/mol. The topological polar surface area (TPSA) is 42.7 Å². The molecule has 4 nitrogen and oxygen atoms in total. The molecule has 0 saturated carbocycles. The fourth-order valence-electron chi connectivity index (χ4n) is 1.62. The molecule has 2 rings (SSSR count). The van der Waals surface area contributed by atoms with Crippen molar-refractivity contribution in [3.05, 3.63) is 39.6 Å². The lowest BCUT2D eigenvalue weighted by Gasteiger charge is -2.04. The highest BCUT2D eigenvalue weighted by atomic mass is 79.9. The van der Waals surface area contributed by atoms with Gasteiger partial charge < -0.3 is 5.32 Å². The van der Waals surface area contributed by atoms with Crippen LogP contribution in [0.1, 0.15) is 19.5 Å². The van der Waals surface area contributed by atoms with Gasteiger partial charge in [0.2, 0.25) is 0 Å². The van der Waals surface area contributed by atoms with E-state index >= 15 is 0 Å². The third-order valence-electron chi connectivity index (χ3n) is 2.57. The molecule has 2 aromatic rings. The molecule has 0 unspecified atom stereocenters. The lowest BCUT2D eigenvalue weighted by atomic mass is 10.2. The summed E-state index contributed by atoms with van der Waals surface area (Å²) in [6.45, 7) is 6.05. The summed E-state index contributed by atoms with van der Waals surface area (Å²) >= 11 is 9.37. The van der Waals surface area contributed by atoms with E-state index in [1.54, 1.807) is 4.68 Å². The number of rotatable bonds is 5. The highest BCUT2D eigenvalue weighted by molar-refractivity contribution is 9.10. The summed E-state index contributed by atoms with van der Waals surface area (Å²) in [6, 6.07) is 5.66. The second kappa shape index (κ2) is 6.50. The molecule has 1 N–H and O–H groups in total. The summed E-state index contributed by atoms with van der Waals surface area (Å²) in [7, 11) is 0. The maximum atomic E-state index is 5.97. The van der Waals surface area contributed by atoms with Gasteiger partial charge in [0.15, 0.2) is 0 Å². The molecule has 0 atom stereocenters. The summed E-state index contributed by atoms with van der Waals surface area (Å²) in [4.78, 5) is 0. The number of hydrogen-bond acceptors (Lipinski definition) is 3. The van der Waals surface area contributed by atoms with Crippen LogP contribution in [0.25, 0.3) is 5.69 Å². The Hall–Kier alpha value is -0.910. The zero-order chi connectivity index (χ0) is 13.8. The normalized spacial score (nSPS) is 11.2. The summed E-state index contributed by atoms with van der Waals surface area (Å²) in [5.41, 5.74) is 1.85. The van der Waals surface area contributed by atoms with E-state index in [1.807, 2.05) is 24.4 Å². The number of benzene rings is 1. The third-order valence-corrected chi connectivity index (χ3v) is 3.78. The Morgan fingerprint density at radius 3 is 2.89 bits per heavy atom. The summed E-state index contributed by atoms with van der Waals surface area (Å²) in [5, 5.41) is 12.3. The van der Waals surface area contributed by atoms with E-state index in [-0.39, 0.29) is 0 Å². The Bertz CT molecular complexity index is 553. The van der Waals surface area contributed by atoms with E-state index in [2.05, 4.69) is 45.4 Å². The van der Waals surface area contributed by atoms with E-state index in [4.69, 9.17) is 11.6 Å². The van der Waals surface area contributed by atoms with Gasteiger partial charge in [0.05, 0.1) is 22.6 Å². The molecule has 0 spiro atoms. The first-order valence-electron chi connectivity index (χ1n) is 6.13. The average molecular weight is 344 g/mol. The zero-order valence-electron chi connectivity index (χ0n) is 10.9. The van der Waals surface area contributed by atoms with Crippen LogP contribution in [0.3, 0.4) is 0 Å². The van der Waals surface area contributed by atoms with Crippen molar-refractivity contribution in [1.82, 2.24) is 20.3 Å². The van der Waals surface area contributed by atoms with Crippen LogP contribution in [0.5, 0.6) is 0 Å². The highest BCUT2D eigenvalue weighted by Gasteiger charge is 2.05. The standard InChI is InChI=1S/C13H16BrClN4/c1-9(2)6-16-7-10-8-19(18-17-10)11-3-4-13(15)12(14)5-11/h3-5,8-9,16H,6-7H2,1-2H3. The highest BCUT2D eigenvalue weighted by Crippen LogP contribution is 2.24. The van der Waals surface area contributed by atoms with Gasteiger partial charge in [0, 0.05) is 11.0 Å². The van der Waals surface area contributed by atoms with E-state index < -0.39 is 0 Å². The quantitative estimate of drug-likeness (QED) is 0.904. The van der Waals surface area contributed by atoms with Crippen LogP contribution in [0.15, 0.2) is 28.9 Å². The first kappa shape index (κ1) is 14.5. The van der Waals surface area contributed by atoms with Crippen molar-refractivity contribution in [3.63, 3.8) is 0 Å². The Labute approximate surface area is 126 Å². The largest absolute Gasteiger partial charge is 0.311 e. The van der Waals surface area contributed by atoms with Crippen LogP contribution < -0.4 is 5.32 Å². The van der Waals surface area contributed by atoms with Crippen LogP contribution in [0.4, 0.5) is 0 Å². The lowest BCUT2D eigenvalue weighted by Crippen LogP contribution is -2.19. The SMILES string of the molecule is CC(C)CNCc1cn(-c2ccc(Cl)c(Br)c2)nn1. The zero-order valence-corrected chi connectivity index (χ0v) is 13.2. The molecule has 0 aliphatic heterocycles. The van der Waals surface area contributed by atoms with Gasteiger partial charge in [0.25, 0.3) is 0 Å². The first-order valence-corrected chi connectivity index (χ1v) is 7.30. The fourth-order valence-corrected chi connectivity index (χ4v) is 2.11. The van der Waals surface area contributed by atoms with Crippen molar-refractivity contribution in [3.8, 4) is 5.69 Å². The minimum Gasteiger partial charge on any atom is -0.311 e. The molecule has 1 aromatic carbocycles. The van der Waals surface area contributed by atoms with Crippen molar-refractivity contribution in [2.75, 3.05) is 6.54 Å². The van der Waals surface area contributed by atoms with E-state index in [1.165, 1.54) is 0 Å². The number of nitrogens with one attached hydrogen (secondary N) is 1. The van der Waals surface area contributed by atoms with Crippen LogP contribution >= 0.6 is 27.5 Å². The Morgan fingerprint density at radius 1 is 1.42 bits per heavy atom. The molecule has 6 heteroatoms. The van der Waals surface area contributed by atoms with Crippen molar-refractivity contribution in [2.45, 2.75) is 20.4 Å². The molecule has 0 radical (unpaired) electrons. The smallest absolute Gasteiger partial charge is 0.0969 e. The molecule has 19 heavy (non-hydrogen) atoms. The lowest BCUT2D eigenvalue weighted by molar-refractivity contribution is 0.548. The van der Waals surface area contributed by atoms with Gasteiger partial charge in [-0.15, -0.1) is 5.10 Å². The molecule has 0 bridgehead atoms. The molecular formula is C13H16BrClN4. The molecule has 0 aliphatic rings. The van der Waals surface area contributed by atoms with E-state index in [0.29, 0.717) is 10.9 Å². The third kappa shape index (κ3) is 4.03. The van der Waals surface area contributed by atoms with E-state index in [9.17, 15) is 0 Å². The fraction of sp³-hybridized carbons (Fsp3) is 0.385. The van der Waals surface area contributed by atoms with Gasteiger partial charge in [-0.2, -0.15) is 0 Å². The minimum absolute atomic E-state index is 0.627. The second-order valence-corrected chi connectivity index (χ2v) is 6.04. The molecular weight excluding hydrogens is 328 g/mol.